The summed E-state index contributed by atoms with van der Waals surface area (Å²) < 4.78 is 15.4. The fraction of sp³-hybridized carbons (Fsp3) is 0.176. The summed E-state index contributed by atoms with van der Waals surface area (Å²) >= 11 is 0. The van der Waals surface area contributed by atoms with Crippen LogP contribution in [0.2, 0.25) is 0 Å². The van der Waals surface area contributed by atoms with Crippen LogP contribution in [0.3, 0.4) is 0 Å². The number of ether oxygens (including phenoxy) is 1. The molecule has 0 saturated carbocycles. The number of nitrogens with one attached hydrogen (secondary N) is 1. The van der Waals surface area contributed by atoms with Crippen LogP contribution in [0, 0.1) is 0 Å². The van der Waals surface area contributed by atoms with Crippen molar-refractivity contribution in [2.75, 3.05) is 6.61 Å². The van der Waals surface area contributed by atoms with Gasteiger partial charge in [-0.05, 0) is 31.2 Å². The number of amides is 1. The third kappa shape index (κ3) is 3.42. The predicted molar refractivity (Wildman–Crippen MR) is 81.8 cm³/mol. The van der Waals surface area contributed by atoms with Gasteiger partial charge >= 0.3 is 5.97 Å². The van der Waals surface area contributed by atoms with Gasteiger partial charge in [-0.25, -0.2) is 4.79 Å². The highest BCUT2D eigenvalue weighted by atomic mass is 16.5. The number of para-hydroxylation sites is 1. The van der Waals surface area contributed by atoms with Crippen LogP contribution in [0.15, 0.2) is 57.6 Å². The highest BCUT2D eigenvalue weighted by molar-refractivity contribution is 5.88. The van der Waals surface area contributed by atoms with E-state index in [9.17, 15) is 9.59 Å². The normalized spacial score (nSPS) is 12.0. The van der Waals surface area contributed by atoms with Crippen molar-refractivity contribution in [3.05, 3.63) is 60.2 Å². The van der Waals surface area contributed by atoms with Gasteiger partial charge in [0, 0.05) is 5.39 Å². The van der Waals surface area contributed by atoms with Gasteiger partial charge in [-0.3, -0.25) is 4.79 Å². The number of carbonyl (C=O) groups excluding carboxylic acids is 2. The number of hydrogen-bond donors (Lipinski definition) is 1. The Morgan fingerprint density at radius 3 is 2.78 bits per heavy atom. The second-order valence-corrected chi connectivity index (χ2v) is 5.03. The zero-order chi connectivity index (χ0) is 16.2. The first-order chi connectivity index (χ1) is 11.1. The number of hydrogen-bond acceptors (Lipinski definition) is 5. The Kier molecular flexibility index (Phi) is 4.14. The second-order valence-electron chi connectivity index (χ2n) is 5.03. The molecule has 6 nitrogen and oxygen atoms in total. The molecule has 0 bridgehead atoms. The minimum absolute atomic E-state index is 0.0585. The first kappa shape index (κ1) is 14.9. The van der Waals surface area contributed by atoms with Gasteiger partial charge in [0.05, 0.1) is 12.3 Å². The summed E-state index contributed by atoms with van der Waals surface area (Å²) in [6, 6.07) is 12.2. The van der Waals surface area contributed by atoms with E-state index in [1.807, 2.05) is 30.3 Å². The molecule has 1 amide bonds. The fourth-order valence-electron chi connectivity index (χ4n) is 2.17. The quantitative estimate of drug-likeness (QED) is 0.732. The van der Waals surface area contributed by atoms with E-state index in [1.54, 1.807) is 13.0 Å². The van der Waals surface area contributed by atoms with E-state index >= 15 is 0 Å². The molecule has 2 heterocycles. The number of esters is 1. The first-order valence-corrected chi connectivity index (χ1v) is 7.12. The van der Waals surface area contributed by atoms with Gasteiger partial charge in [-0.15, -0.1) is 0 Å². The van der Waals surface area contributed by atoms with Gasteiger partial charge in [-0.2, -0.15) is 0 Å². The SMILES string of the molecule is C[C@@H](NC(=O)COC(=O)c1ccco1)c1cc2ccccc2o1. The fourth-order valence-corrected chi connectivity index (χ4v) is 2.17. The highest BCUT2D eigenvalue weighted by Gasteiger charge is 2.16. The van der Waals surface area contributed by atoms with E-state index in [2.05, 4.69) is 5.32 Å². The van der Waals surface area contributed by atoms with Crippen LogP contribution in [-0.4, -0.2) is 18.5 Å². The largest absolute Gasteiger partial charge is 0.459 e. The number of benzene rings is 1. The topological polar surface area (TPSA) is 81.7 Å². The lowest BCUT2D eigenvalue weighted by molar-refractivity contribution is -0.125. The summed E-state index contributed by atoms with van der Waals surface area (Å²) in [5, 5.41) is 3.68. The van der Waals surface area contributed by atoms with Crippen molar-refractivity contribution in [3.8, 4) is 0 Å². The van der Waals surface area contributed by atoms with Crippen LogP contribution in [0.5, 0.6) is 0 Å². The van der Waals surface area contributed by atoms with E-state index in [-0.39, 0.29) is 18.4 Å². The summed E-state index contributed by atoms with van der Waals surface area (Å²) in [5.74, 6) is -0.403. The van der Waals surface area contributed by atoms with Crippen molar-refractivity contribution < 1.29 is 23.2 Å². The molecule has 3 aromatic rings. The molecule has 0 aliphatic carbocycles. The zero-order valence-electron chi connectivity index (χ0n) is 12.4. The minimum atomic E-state index is -0.679. The van der Waals surface area contributed by atoms with Crippen LogP contribution >= 0.6 is 0 Å². The average Bonchev–Trinajstić information content (AvgIpc) is 3.21. The number of furan rings is 2. The Morgan fingerprint density at radius 1 is 1.22 bits per heavy atom. The maximum Gasteiger partial charge on any atom is 0.374 e. The van der Waals surface area contributed by atoms with Crippen molar-refractivity contribution in [1.29, 1.82) is 0 Å². The molecule has 0 spiro atoms. The lowest BCUT2D eigenvalue weighted by Crippen LogP contribution is -2.30. The molecule has 2 aromatic heterocycles. The van der Waals surface area contributed by atoms with Crippen LogP contribution in [0.1, 0.15) is 29.3 Å². The average molecular weight is 313 g/mol. The van der Waals surface area contributed by atoms with Gasteiger partial charge in [0.25, 0.3) is 5.91 Å². The minimum Gasteiger partial charge on any atom is -0.459 e. The molecular formula is C17H15NO5. The molecule has 0 aliphatic heterocycles. The highest BCUT2D eigenvalue weighted by Crippen LogP contribution is 2.23. The summed E-state index contributed by atoms with van der Waals surface area (Å²) in [6.07, 6.45) is 1.36. The number of fused-ring (bicyclic) bond motifs is 1. The van der Waals surface area contributed by atoms with Crippen LogP contribution in [0.25, 0.3) is 11.0 Å². The Hall–Kier alpha value is -3.02. The number of rotatable bonds is 5. The molecule has 6 heteroatoms. The van der Waals surface area contributed by atoms with E-state index < -0.39 is 11.9 Å². The summed E-state index contributed by atoms with van der Waals surface area (Å²) in [4.78, 5) is 23.4. The third-order valence-electron chi connectivity index (χ3n) is 3.31. The molecule has 0 radical (unpaired) electrons. The summed E-state index contributed by atoms with van der Waals surface area (Å²) in [5.41, 5.74) is 0.757. The molecule has 0 unspecified atom stereocenters. The van der Waals surface area contributed by atoms with Crippen LogP contribution < -0.4 is 5.32 Å². The molecule has 23 heavy (non-hydrogen) atoms. The van der Waals surface area contributed by atoms with Gasteiger partial charge in [0.1, 0.15) is 11.3 Å². The molecular weight excluding hydrogens is 298 g/mol. The van der Waals surface area contributed by atoms with E-state index in [4.69, 9.17) is 13.6 Å². The second kappa shape index (κ2) is 6.39. The Bertz CT molecular complexity index is 786. The monoisotopic (exact) mass is 313 g/mol. The molecule has 0 fully saturated rings. The molecule has 3 rings (SSSR count). The Balaban J connectivity index is 1.55. The van der Waals surface area contributed by atoms with Crippen LogP contribution in [0.4, 0.5) is 0 Å². The van der Waals surface area contributed by atoms with E-state index in [0.717, 1.165) is 11.0 Å². The molecule has 1 aromatic carbocycles. The third-order valence-corrected chi connectivity index (χ3v) is 3.31. The van der Waals surface area contributed by atoms with Crippen molar-refractivity contribution in [3.63, 3.8) is 0 Å². The Morgan fingerprint density at radius 2 is 2.04 bits per heavy atom. The van der Waals surface area contributed by atoms with Crippen molar-refractivity contribution >= 4 is 22.8 Å². The maximum atomic E-state index is 11.9. The molecule has 1 N–H and O–H groups in total. The van der Waals surface area contributed by atoms with Crippen molar-refractivity contribution in [1.82, 2.24) is 5.32 Å². The zero-order valence-corrected chi connectivity index (χ0v) is 12.4. The molecule has 1 atom stereocenters. The van der Waals surface area contributed by atoms with E-state index in [0.29, 0.717) is 5.76 Å². The van der Waals surface area contributed by atoms with Crippen LogP contribution in [-0.2, 0) is 9.53 Å². The standard InChI is InChI=1S/C17H15NO5/c1-11(15-9-12-5-2-3-6-13(12)23-15)18-16(19)10-22-17(20)14-7-4-8-21-14/h2-9,11H,10H2,1H3,(H,18,19)/t11-/m1/s1. The summed E-state index contributed by atoms with van der Waals surface area (Å²) in [7, 11) is 0. The molecule has 0 saturated heterocycles. The smallest absolute Gasteiger partial charge is 0.374 e. The Labute approximate surface area is 132 Å². The maximum absolute atomic E-state index is 11.9. The number of carbonyl (C=O) groups is 2. The lowest BCUT2D eigenvalue weighted by Gasteiger charge is -2.11. The van der Waals surface area contributed by atoms with Crippen molar-refractivity contribution in [2.45, 2.75) is 13.0 Å². The van der Waals surface area contributed by atoms with Crippen molar-refractivity contribution in [2.24, 2.45) is 0 Å². The van der Waals surface area contributed by atoms with Gasteiger partial charge in [0.2, 0.25) is 5.76 Å². The summed E-state index contributed by atoms with van der Waals surface area (Å²) in [6.45, 7) is 1.41. The van der Waals surface area contributed by atoms with Gasteiger partial charge < -0.3 is 18.9 Å². The van der Waals surface area contributed by atoms with Gasteiger partial charge in [0.15, 0.2) is 6.61 Å². The predicted octanol–water partition coefficient (Wildman–Crippen LogP) is 3.06. The molecule has 0 aliphatic rings. The first-order valence-electron chi connectivity index (χ1n) is 7.12. The molecule has 118 valence electrons. The van der Waals surface area contributed by atoms with Gasteiger partial charge in [-0.1, -0.05) is 18.2 Å². The van der Waals surface area contributed by atoms with E-state index in [1.165, 1.54) is 12.3 Å². The lowest BCUT2D eigenvalue weighted by atomic mass is 10.2.